The Kier molecular flexibility index (Phi) is 7.15. The van der Waals surface area contributed by atoms with Crippen LogP contribution in [0.5, 0.6) is 0 Å². The Balaban J connectivity index is 0.000000293. The van der Waals surface area contributed by atoms with Crippen molar-refractivity contribution in [1.82, 2.24) is 0 Å². The fraction of sp³-hybridized carbons (Fsp3) is 0.167. The number of hydrogen-bond acceptors (Lipinski definition) is 3. The largest absolute Gasteiger partial charge is 0.478 e. The van der Waals surface area contributed by atoms with Crippen LogP contribution in [0.1, 0.15) is 17.3 Å². The van der Waals surface area contributed by atoms with E-state index in [0.29, 0.717) is 12.2 Å². The minimum absolute atomic E-state index is 0.331. The maximum Gasteiger partial charge on any atom is 0.335 e. The van der Waals surface area contributed by atoms with Crippen LogP contribution in [0, 0.1) is 0 Å². The molecule has 16 heavy (non-hydrogen) atoms. The van der Waals surface area contributed by atoms with Gasteiger partial charge in [-0.1, -0.05) is 24.8 Å². The van der Waals surface area contributed by atoms with E-state index in [9.17, 15) is 9.59 Å². The molecule has 86 valence electrons. The maximum atomic E-state index is 10.2. The zero-order valence-corrected chi connectivity index (χ0v) is 9.05. The van der Waals surface area contributed by atoms with Crippen molar-refractivity contribution in [2.75, 3.05) is 6.61 Å². The summed E-state index contributed by atoms with van der Waals surface area (Å²) in [4.78, 5) is 20.3. The highest BCUT2D eigenvalue weighted by atomic mass is 16.5. The second-order valence-electron chi connectivity index (χ2n) is 2.63. The van der Waals surface area contributed by atoms with E-state index in [1.54, 1.807) is 37.3 Å². The second kappa shape index (κ2) is 8.23. The van der Waals surface area contributed by atoms with Crippen molar-refractivity contribution in [3.63, 3.8) is 0 Å². The first kappa shape index (κ1) is 13.9. The molecule has 0 aromatic heterocycles. The summed E-state index contributed by atoms with van der Waals surface area (Å²) in [7, 11) is 0. The number of carbonyl (C=O) groups excluding carboxylic acids is 1. The van der Waals surface area contributed by atoms with Gasteiger partial charge in [-0.3, -0.25) is 0 Å². The van der Waals surface area contributed by atoms with E-state index in [2.05, 4.69) is 11.3 Å². The van der Waals surface area contributed by atoms with Gasteiger partial charge in [-0.15, -0.1) is 0 Å². The summed E-state index contributed by atoms with van der Waals surface area (Å²) in [5.41, 5.74) is 0.331. The Morgan fingerprint density at radius 3 is 2.19 bits per heavy atom. The lowest BCUT2D eigenvalue weighted by Gasteiger charge is -1.90. The van der Waals surface area contributed by atoms with E-state index in [0.717, 1.165) is 6.08 Å². The molecule has 0 bridgehead atoms. The number of hydrogen-bond donors (Lipinski definition) is 1. The van der Waals surface area contributed by atoms with E-state index < -0.39 is 5.97 Å². The number of esters is 1. The van der Waals surface area contributed by atoms with Crippen molar-refractivity contribution >= 4 is 11.9 Å². The summed E-state index contributed by atoms with van der Waals surface area (Å²) in [5.74, 6) is -1.24. The molecule has 1 aromatic rings. The maximum absolute atomic E-state index is 10.2. The van der Waals surface area contributed by atoms with Gasteiger partial charge in [0.2, 0.25) is 0 Å². The average molecular weight is 222 g/mol. The summed E-state index contributed by atoms with van der Waals surface area (Å²) in [6.45, 7) is 5.38. The molecule has 0 heterocycles. The number of carboxylic acid groups (broad SMARTS) is 1. The van der Waals surface area contributed by atoms with Crippen LogP contribution in [0.4, 0.5) is 0 Å². The predicted octanol–water partition coefficient (Wildman–Crippen LogP) is 2.12. The van der Waals surface area contributed by atoms with Crippen molar-refractivity contribution < 1.29 is 19.4 Å². The van der Waals surface area contributed by atoms with Crippen molar-refractivity contribution in [2.24, 2.45) is 0 Å². The van der Waals surface area contributed by atoms with Crippen LogP contribution in [0.25, 0.3) is 0 Å². The number of carbonyl (C=O) groups is 2. The molecule has 0 aliphatic rings. The van der Waals surface area contributed by atoms with Crippen LogP contribution >= 0.6 is 0 Å². The van der Waals surface area contributed by atoms with Gasteiger partial charge in [-0.2, -0.15) is 0 Å². The molecule has 1 rings (SSSR count). The van der Waals surface area contributed by atoms with Gasteiger partial charge < -0.3 is 9.84 Å². The first-order valence-corrected chi connectivity index (χ1v) is 4.69. The molecule has 0 saturated heterocycles. The van der Waals surface area contributed by atoms with Gasteiger partial charge in [0, 0.05) is 6.08 Å². The van der Waals surface area contributed by atoms with E-state index in [-0.39, 0.29) is 5.97 Å². The van der Waals surface area contributed by atoms with E-state index in [4.69, 9.17) is 5.11 Å². The quantitative estimate of drug-likeness (QED) is 0.628. The van der Waals surface area contributed by atoms with E-state index in [1.807, 2.05) is 0 Å². The minimum Gasteiger partial charge on any atom is -0.478 e. The highest BCUT2D eigenvalue weighted by Gasteiger charge is 1.96. The molecule has 4 nitrogen and oxygen atoms in total. The summed E-state index contributed by atoms with van der Waals surface area (Å²) >= 11 is 0. The summed E-state index contributed by atoms with van der Waals surface area (Å²) < 4.78 is 4.43. The molecule has 0 aliphatic carbocycles. The Morgan fingerprint density at radius 1 is 1.38 bits per heavy atom. The van der Waals surface area contributed by atoms with Crippen LogP contribution in [-0.2, 0) is 9.53 Å². The molecule has 0 radical (unpaired) electrons. The van der Waals surface area contributed by atoms with Crippen LogP contribution in [0.2, 0.25) is 0 Å². The highest BCUT2D eigenvalue weighted by molar-refractivity contribution is 5.87. The van der Waals surface area contributed by atoms with E-state index >= 15 is 0 Å². The third kappa shape index (κ3) is 6.37. The molecule has 0 spiro atoms. The zero-order chi connectivity index (χ0) is 12.4. The Labute approximate surface area is 94.2 Å². The molecule has 4 heteroatoms. The molecule has 0 saturated carbocycles. The number of aromatic carboxylic acids is 1. The number of rotatable bonds is 3. The average Bonchev–Trinajstić information content (AvgIpc) is 2.31. The molecule has 0 atom stereocenters. The fourth-order valence-electron chi connectivity index (χ4n) is 0.782. The summed E-state index contributed by atoms with van der Waals surface area (Å²) in [6.07, 6.45) is 1.14. The lowest BCUT2D eigenvalue weighted by Crippen LogP contribution is -1.97. The lowest BCUT2D eigenvalue weighted by atomic mass is 10.2. The van der Waals surface area contributed by atoms with Gasteiger partial charge in [0.1, 0.15) is 0 Å². The first-order valence-electron chi connectivity index (χ1n) is 4.69. The van der Waals surface area contributed by atoms with Gasteiger partial charge in [0.15, 0.2) is 0 Å². The van der Waals surface area contributed by atoms with Gasteiger partial charge in [0.05, 0.1) is 12.2 Å². The van der Waals surface area contributed by atoms with Crippen molar-refractivity contribution in [2.45, 2.75) is 6.92 Å². The van der Waals surface area contributed by atoms with Crippen LogP contribution < -0.4 is 0 Å². The normalized spacial score (nSPS) is 8.31. The Morgan fingerprint density at radius 2 is 1.94 bits per heavy atom. The molecular weight excluding hydrogens is 208 g/mol. The molecule has 0 aliphatic heterocycles. The van der Waals surface area contributed by atoms with Gasteiger partial charge >= 0.3 is 11.9 Å². The second-order valence-corrected chi connectivity index (χ2v) is 2.63. The third-order valence-electron chi connectivity index (χ3n) is 1.47. The number of ether oxygens (including phenoxy) is 1. The zero-order valence-electron chi connectivity index (χ0n) is 9.05. The summed E-state index contributed by atoms with van der Waals surface area (Å²) in [5, 5.41) is 8.38. The Bertz CT molecular complexity index is 343. The molecule has 0 amide bonds. The SMILES string of the molecule is C=CC(=O)OCC.O=C(O)c1ccccc1. The lowest BCUT2D eigenvalue weighted by molar-refractivity contribution is -0.137. The minimum atomic E-state index is -0.879. The molecule has 1 aromatic carbocycles. The standard InChI is InChI=1S/C7H6O2.C5H8O2/c8-7(9)6-4-2-1-3-5-6;1-3-5(6)7-4-2/h1-5H,(H,8,9);3H,1,4H2,2H3. The first-order chi connectivity index (χ1) is 7.61. The number of benzene rings is 1. The van der Waals surface area contributed by atoms with Gasteiger partial charge in [-0.05, 0) is 19.1 Å². The van der Waals surface area contributed by atoms with Crippen molar-refractivity contribution in [1.29, 1.82) is 0 Å². The van der Waals surface area contributed by atoms with Gasteiger partial charge in [0.25, 0.3) is 0 Å². The Hall–Kier alpha value is -2.10. The monoisotopic (exact) mass is 222 g/mol. The van der Waals surface area contributed by atoms with Gasteiger partial charge in [-0.25, -0.2) is 9.59 Å². The molecule has 0 fully saturated rings. The van der Waals surface area contributed by atoms with Crippen molar-refractivity contribution in [3.8, 4) is 0 Å². The molecular formula is C12H14O4. The summed E-state index contributed by atoms with van der Waals surface area (Å²) in [6, 6.07) is 8.30. The third-order valence-corrected chi connectivity index (χ3v) is 1.47. The topological polar surface area (TPSA) is 63.6 Å². The van der Waals surface area contributed by atoms with Crippen molar-refractivity contribution in [3.05, 3.63) is 48.6 Å². The molecule has 1 N–H and O–H groups in total. The predicted molar refractivity (Wildman–Crippen MR) is 60.2 cm³/mol. The number of carboxylic acids is 1. The van der Waals surface area contributed by atoms with Crippen LogP contribution in [-0.4, -0.2) is 23.7 Å². The highest BCUT2D eigenvalue weighted by Crippen LogP contribution is 1.96. The fourth-order valence-corrected chi connectivity index (χ4v) is 0.782. The molecule has 0 unspecified atom stereocenters. The smallest absolute Gasteiger partial charge is 0.335 e. The van der Waals surface area contributed by atoms with E-state index in [1.165, 1.54) is 0 Å². The van der Waals surface area contributed by atoms with Crippen LogP contribution in [0.3, 0.4) is 0 Å². The van der Waals surface area contributed by atoms with Crippen LogP contribution in [0.15, 0.2) is 43.0 Å².